The molecule has 0 amide bonds. The molecule has 0 radical (unpaired) electrons. The monoisotopic (exact) mass is 230 g/mol. The summed E-state index contributed by atoms with van der Waals surface area (Å²) in [6.07, 6.45) is 0. The lowest BCUT2D eigenvalue weighted by Crippen LogP contribution is -2.33. The Bertz CT molecular complexity index is 488. The fourth-order valence-electron chi connectivity index (χ4n) is 1.32. The maximum atomic E-state index is 10.9. The predicted molar refractivity (Wildman–Crippen MR) is 63.0 cm³/mol. The molecule has 0 unspecified atom stereocenters. The molecule has 0 saturated heterocycles. The topological polar surface area (TPSA) is 55.6 Å². The minimum Gasteiger partial charge on any atom is -0.324 e. The van der Waals surface area contributed by atoms with Crippen LogP contribution in [0.2, 0.25) is 0 Å². The van der Waals surface area contributed by atoms with Crippen LogP contribution >= 0.6 is 0 Å². The molecule has 0 bridgehead atoms. The number of benzene rings is 2. The molecule has 0 heterocycles. The van der Waals surface area contributed by atoms with Crippen LogP contribution in [0.25, 0.3) is 0 Å². The lowest BCUT2D eigenvalue weighted by atomic mass is 10.3. The van der Waals surface area contributed by atoms with Crippen LogP contribution in [0.5, 0.6) is 5.75 Å². The summed E-state index contributed by atoms with van der Waals surface area (Å²) in [7, 11) is 0. The van der Waals surface area contributed by atoms with E-state index in [9.17, 15) is 10.1 Å². The molecule has 5 heteroatoms. The number of nitro groups is 1. The molecule has 0 saturated carbocycles. The predicted octanol–water partition coefficient (Wildman–Crippen LogP) is 2.68. The molecule has 5 nitrogen and oxygen atoms in total. The first-order chi connectivity index (χ1) is 8.27. The van der Waals surface area contributed by atoms with E-state index < -0.39 is 5.03 Å². The van der Waals surface area contributed by atoms with Gasteiger partial charge in [-0.15, -0.1) is 0 Å². The zero-order chi connectivity index (χ0) is 12.1. The molecule has 0 aromatic heterocycles. The van der Waals surface area contributed by atoms with Gasteiger partial charge in [0.05, 0.1) is 5.17 Å². The molecule has 2 rings (SSSR count). The van der Waals surface area contributed by atoms with Crippen LogP contribution < -0.4 is 10.0 Å². The van der Waals surface area contributed by atoms with Crippen LogP contribution in [0.3, 0.4) is 0 Å². The van der Waals surface area contributed by atoms with Gasteiger partial charge in [0, 0.05) is 0 Å². The van der Waals surface area contributed by atoms with Gasteiger partial charge in [-0.3, -0.25) is 0 Å². The van der Waals surface area contributed by atoms with Crippen molar-refractivity contribution in [3.05, 3.63) is 70.8 Å². The SMILES string of the molecule is O=[N+]([O-])N(Oc1ccccc1)c1ccccc1. The molecule has 0 spiro atoms. The first-order valence-electron chi connectivity index (χ1n) is 5.00. The summed E-state index contributed by atoms with van der Waals surface area (Å²) in [5, 5.41) is 10.9. The van der Waals surface area contributed by atoms with E-state index in [1.54, 1.807) is 54.6 Å². The van der Waals surface area contributed by atoms with E-state index in [0.29, 0.717) is 16.6 Å². The Kier molecular flexibility index (Phi) is 3.20. The summed E-state index contributed by atoms with van der Waals surface area (Å²) >= 11 is 0. The van der Waals surface area contributed by atoms with Crippen molar-refractivity contribution in [1.82, 2.24) is 0 Å². The van der Waals surface area contributed by atoms with E-state index in [2.05, 4.69) is 0 Å². The fourth-order valence-corrected chi connectivity index (χ4v) is 1.32. The van der Waals surface area contributed by atoms with Gasteiger partial charge >= 0.3 is 0 Å². The van der Waals surface area contributed by atoms with E-state index in [1.165, 1.54) is 0 Å². The Morgan fingerprint density at radius 2 is 1.47 bits per heavy atom. The van der Waals surface area contributed by atoms with Gasteiger partial charge in [-0.05, 0) is 24.3 Å². The quantitative estimate of drug-likeness (QED) is 0.598. The van der Waals surface area contributed by atoms with Crippen LogP contribution in [0.4, 0.5) is 5.69 Å². The first-order valence-corrected chi connectivity index (χ1v) is 5.00. The number of hydrogen-bond acceptors (Lipinski definition) is 3. The van der Waals surface area contributed by atoms with Crippen molar-refractivity contribution in [2.75, 3.05) is 5.17 Å². The Balaban J connectivity index is 2.23. The number of rotatable bonds is 4. The average Bonchev–Trinajstić information content (AvgIpc) is 2.38. The van der Waals surface area contributed by atoms with Crippen molar-refractivity contribution in [3.63, 3.8) is 0 Å². The van der Waals surface area contributed by atoms with Crippen LogP contribution in [-0.2, 0) is 0 Å². The van der Waals surface area contributed by atoms with E-state index in [4.69, 9.17) is 4.84 Å². The molecular weight excluding hydrogens is 220 g/mol. The molecule has 0 aliphatic carbocycles. The Labute approximate surface area is 97.9 Å². The van der Waals surface area contributed by atoms with E-state index >= 15 is 0 Å². The van der Waals surface area contributed by atoms with Crippen molar-refractivity contribution in [1.29, 1.82) is 0 Å². The van der Waals surface area contributed by atoms with E-state index in [-0.39, 0.29) is 0 Å². The van der Waals surface area contributed by atoms with Gasteiger partial charge < -0.3 is 4.84 Å². The third kappa shape index (κ3) is 2.72. The summed E-state index contributed by atoms with van der Waals surface area (Å²) < 4.78 is 0. The van der Waals surface area contributed by atoms with E-state index in [1.807, 2.05) is 6.07 Å². The van der Waals surface area contributed by atoms with Crippen molar-refractivity contribution >= 4 is 5.69 Å². The standard InChI is InChI=1S/C12H10N2O3/c15-14(16)13(11-7-3-1-4-8-11)17-12-9-5-2-6-10-12/h1-10H. The van der Waals surface area contributed by atoms with Gasteiger partial charge in [0.25, 0.3) is 0 Å². The van der Waals surface area contributed by atoms with Gasteiger partial charge in [0.2, 0.25) is 5.03 Å². The third-order valence-corrected chi connectivity index (χ3v) is 2.06. The zero-order valence-corrected chi connectivity index (χ0v) is 8.89. The highest BCUT2D eigenvalue weighted by Gasteiger charge is 2.19. The maximum Gasteiger partial charge on any atom is 0.202 e. The molecule has 0 fully saturated rings. The van der Waals surface area contributed by atoms with Gasteiger partial charge in [0.1, 0.15) is 5.69 Å². The average molecular weight is 230 g/mol. The summed E-state index contributed by atoms with van der Waals surface area (Å²) in [4.78, 5) is 16.1. The number of hydrazine groups is 1. The number of para-hydroxylation sites is 2. The second-order valence-corrected chi connectivity index (χ2v) is 3.25. The first kappa shape index (κ1) is 10.9. The number of anilines is 1. The molecule has 17 heavy (non-hydrogen) atoms. The van der Waals surface area contributed by atoms with Gasteiger partial charge in [-0.1, -0.05) is 36.4 Å². The van der Waals surface area contributed by atoms with Crippen molar-refractivity contribution in [3.8, 4) is 5.75 Å². The minimum atomic E-state index is -0.609. The normalized spacial score (nSPS) is 9.65. The number of nitrogens with zero attached hydrogens (tertiary/aromatic N) is 2. The second kappa shape index (κ2) is 4.98. The molecule has 0 aliphatic heterocycles. The number of hydrogen-bond donors (Lipinski definition) is 0. The second-order valence-electron chi connectivity index (χ2n) is 3.25. The van der Waals surface area contributed by atoms with Gasteiger partial charge in [-0.25, -0.2) is 10.1 Å². The summed E-state index contributed by atoms with van der Waals surface area (Å²) in [6.45, 7) is 0. The van der Waals surface area contributed by atoms with Gasteiger partial charge in [-0.2, -0.15) is 0 Å². The highest BCUT2D eigenvalue weighted by Crippen LogP contribution is 2.17. The molecule has 2 aromatic rings. The van der Waals surface area contributed by atoms with Crippen molar-refractivity contribution in [2.45, 2.75) is 0 Å². The van der Waals surface area contributed by atoms with E-state index in [0.717, 1.165) is 0 Å². The van der Waals surface area contributed by atoms with Crippen LogP contribution in [0.15, 0.2) is 60.7 Å². The highest BCUT2D eigenvalue weighted by molar-refractivity contribution is 5.41. The summed E-state index contributed by atoms with van der Waals surface area (Å²) in [5.74, 6) is 0.410. The van der Waals surface area contributed by atoms with Crippen LogP contribution in [-0.4, -0.2) is 5.03 Å². The molecule has 2 aromatic carbocycles. The fraction of sp³-hybridized carbons (Fsp3) is 0. The Hall–Kier alpha value is -2.56. The molecule has 86 valence electrons. The molecule has 0 N–H and O–H groups in total. The molecule has 0 aliphatic rings. The lowest BCUT2D eigenvalue weighted by Gasteiger charge is -2.13. The Morgan fingerprint density at radius 1 is 0.941 bits per heavy atom. The van der Waals surface area contributed by atoms with Crippen LogP contribution in [0.1, 0.15) is 0 Å². The van der Waals surface area contributed by atoms with Crippen molar-refractivity contribution in [2.24, 2.45) is 0 Å². The largest absolute Gasteiger partial charge is 0.324 e. The van der Waals surface area contributed by atoms with Crippen molar-refractivity contribution < 1.29 is 9.87 Å². The third-order valence-electron chi connectivity index (χ3n) is 2.06. The Morgan fingerprint density at radius 3 is 2.00 bits per heavy atom. The lowest BCUT2D eigenvalue weighted by molar-refractivity contribution is -0.534. The zero-order valence-electron chi connectivity index (χ0n) is 8.89. The summed E-state index contributed by atoms with van der Waals surface area (Å²) in [6, 6.07) is 17.0. The summed E-state index contributed by atoms with van der Waals surface area (Å²) in [5.41, 5.74) is 0.362. The maximum absolute atomic E-state index is 10.9. The molecule has 0 atom stereocenters. The minimum absolute atomic E-state index is 0.362. The highest BCUT2D eigenvalue weighted by atomic mass is 16.8. The smallest absolute Gasteiger partial charge is 0.202 e. The molecular formula is C12H10N2O3. The van der Waals surface area contributed by atoms with Gasteiger partial charge in [0.15, 0.2) is 5.75 Å². The van der Waals surface area contributed by atoms with Crippen LogP contribution in [0, 0.1) is 10.1 Å².